The van der Waals surface area contributed by atoms with Crippen molar-refractivity contribution in [3.8, 4) is 5.75 Å². The van der Waals surface area contributed by atoms with Crippen molar-refractivity contribution in [2.24, 2.45) is 0 Å². The quantitative estimate of drug-likeness (QED) is 0.902. The Kier molecular flexibility index (Phi) is 4.38. The average molecular weight is 367 g/mol. The Morgan fingerprint density at radius 1 is 1.21 bits per heavy atom. The maximum absolute atomic E-state index is 12.4. The second kappa shape index (κ2) is 6.33. The van der Waals surface area contributed by atoms with Crippen molar-refractivity contribution in [3.63, 3.8) is 0 Å². The highest BCUT2D eigenvalue weighted by molar-refractivity contribution is 7.91. The Balaban J connectivity index is 1.85. The number of ether oxygens (including phenoxy) is 1. The zero-order valence-corrected chi connectivity index (χ0v) is 14.4. The van der Waals surface area contributed by atoms with Crippen molar-refractivity contribution in [3.05, 3.63) is 53.1 Å². The molecule has 0 saturated heterocycles. The predicted molar refractivity (Wildman–Crippen MR) is 93.0 cm³/mol. The molecule has 0 aromatic heterocycles. The minimum atomic E-state index is -3.64. The van der Waals surface area contributed by atoms with Crippen LogP contribution in [0.2, 0.25) is 5.02 Å². The highest BCUT2D eigenvalue weighted by atomic mass is 35.5. The molecule has 1 aliphatic heterocycles. The maximum atomic E-state index is 12.4. The molecule has 0 saturated carbocycles. The average Bonchev–Trinajstić information content (AvgIpc) is 2.53. The molecule has 1 aliphatic rings. The third-order valence-electron chi connectivity index (χ3n) is 3.61. The summed E-state index contributed by atoms with van der Waals surface area (Å²) in [6.45, 7) is -0.126. The number of hydrogen-bond donors (Lipinski definition) is 1. The first-order valence-electron chi connectivity index (χ1n) is 7.13. The van der Waals surface area contributed by atoms with Gasteiger partial charge in [0.05, 0.1) is 17.1 Å². The number of nitrogens with zero attached hydrogens (tertiary/aromatic N) is 1. The second-order valence-corrected chi connectivity index (χ2v) is 7.54. The van der Waals surface area contributed by atoms with Crippen LogP contribution in [0.4, 0.5) is 11.4 Å². The Bertz CT molecular complexity index is 881. The van der Waals surface area contributed by atoms with E-state index in [1.165, 1.54) is 4.90 Å². The fraction of sp³-hybridized carbons (Fsp3) is 0.188. The Morgan fingerprint density at radius 2 is 1.92 bits per heavy atom. The van der Waals surface area contributed by atoms with Crippen LogP contribution in [-0.2, 0) is 20.6 Å². The lowest BCUT2D eigenvalue weighted by Crippen LogP contribution is -2.35. The number of rotatable bonds is 4. The number of para-hydroxylation sites is 1. The number of nitrogens with one attached hydrogen (secondary N) is 1. The predicted octanol–water partition coefficient (Wildman–Crippen LogP) is 2.64. The summed E-state index contributed by atoms with van der Waals surface area (Å²) in [5.74, 6) is -0.0363. The highest BCUT2D eigenvalue weighted by Crippen LogP contribution is 2.38. The first-order valence-corrected chi connectivity index (χ1v) is 9.16. The topological polar surface area (TPSA) is 75.7 Å². The lowest BCUT2D eigenvalue weighted by molar-refractivity contribution is -0.120. The molecule has 2 aromatic carbocycles. The van der Waals surface area contributed by atoms with E-state index in [1.54, 1.807) is 49.5 Å². The van der Waals surface area contributed by atoms with Crippen LogP contribution in [0, 0.1) is 0 Å². The van der Waals surface area contributed by atoms with E-state index < -0.39 is 10.0 Å². The molecular weight excluding hydrogens is 352 g/mol. The fourth-order valence-corrected chi connectivity index (χ4v) is 3.71. The van der Waals surface area contributed by atoms with Crippen LogP contribution in [0.3, 0.4) is 0 Å². The van der Waals surface area contributed by atoms with E-state index in [4.69, 9.17) is 16.3 Å². The number of carbonyl (C=O) groups excluding carboxylic acids is 1. The summed E-state index contributed by atoms with van der Waals surface area (Å²) in [7, 11) is -2.02. The van der Waals surface area contributed by atoms with E-state index in [0.717, 1.165) is 0 Å². The summed E-state index contributed by atoms with van der Waals surface area (Å²) in [6.07, 6.45) is 0. The molecule has 0 radical (unpaired) electrons. The van der Waals surface area contributed by atoms with Gasteiger partial charge in [0.25, 0.3) is 5.91 Å². The lowest BCUT2D eigenvalue weighted by atomic mass is 10.2. The van der Waals surface area contributed by atoms with E-state index in [2.05, 4.69) is 4.72 Å². The Hall–Kier alpha value is -2.25. The van der Waals surface area contributed by atoms with Gasteiger partial charge in [-0.3, -0.25) is 9.52 Å². The summed E-state index contributed by atoms with van der Waals surface area (Å²) in [5, 5.41) is 0.544. The van der Waals surface area contributed by atoms with Gasteiger partial charge in [-0.1, -0.05) is 29.8 Å². The number of likely N-dealkylation sites (N-methyl/N-ethyl adjacent to an activating group) is 1. The van der Waals surface area contributed by atoms with Crippen LogP contribution in [0.15, 0.2) is 42.5 Å². The maximum Gasteiger partial charge on any atom is 0.264 e. The third-order valence-corrected chi connectivity index (χ3v) is 5.10. The van der Waals surface area contributed by atoms with Crippen LogP contribution in [0.1, 0.15) is 5.56 Å². The molecule has 0 atom stereocenters. The summed E-state index contributed by atoms with van der Waals surface area (Å²) in [4.78, 5) is 13.1. The van der Waals surface area contributed by atoms with Gasteiger partial charge in [-0.2, -0.15) is 0 Å². The van der Waals surface area contributed by atoms with E-state index in [0.29, 0.717) is 27.7 Å². The molecule has 0 unspecified atom stereocenters. The van der Waals surface area contributed by atoms with Gasteiger partial charge in [0.2, 0.25) is 10.0 Å². The van der Waals surface area contributed by atoms with Crippen molar-refractivity contribution < 1.29 is 17.9 Å². The molecule has 2 aromatic rings. The lowest BCUT2D eigenvalue weighted by Gasteiger charge is -2.27. The molecule has 0 bridgehead atoms. The summed E-state index contributed by atoms with van der Waals surface area (Å²) >= 11 is 5.80. The van der Waals surface area contributed by atoms with Gasteiger partial charge in [-0.15, -0.1) is 0 Å². The molecule has 8 heteroatoms. The van der Waals surface area contributed by atoms with E-state index in [1.807, 2.05) is 0 Å². The van der Waals surface area contributed by atoms with Crippen LogP contribution in [0.25, 0.3) is 0 Å². The smallest absolute Gasteiger partial charge is 0.264 e. The number of fused-ring (bicyclic) bond motifs is 1. The number of anilines is 2. The van der Waals surface area contributed by atoms with Gasteiger partial charge >= 0.3 is 0 Å². The molecule has 6 nitrogen and oxygen atoms in total. The normalized spacial score (nSPS) is 14.1. The van der Waals surface area contributed by atoms with Gasteiger partial charge in [0, 0.05) is 12.1 Å². The third kappa shape index (κ3) is 3.47. The van der Waals surface area contributed by atoms with Gasteiger partial charge in [-0.05, 0) is 29.8 Å². The van der Waals surface area contributed by atoms with Crippen LogP contribution < -0.4 is 14.4 Å². The fourth-order valence-electron chi connectivity index (χ4n) is 2.39. The molecule has 0 fully saturated rings. The van der Waals surface area contributed by atoms with Gasteiger partial charge < -0.3 is 9.64 Å². The summed E-state index contributed by atoms with van der Waals surface area (Å²) < 4.78 is 32.7. The first-order chi connectivity index (χ1) is 11.4. The second-order valence-electron chi connectivity index (χ2n) is 5.38. The van der Waals surface area contributed by atoms with Gasteiger partial charge in [0.15, 0.2) is 12.4 Å². The van der Waals surface area contributed by atoms with Crippen molar-refractivity contribution >= 4 is 38.9 Å². The van der Waals surface area contributed by atoms with Crippen LogP contribution >= 0.6 is 11.6 Å². The molecule has 1 amide bonds. The van der Waals surface area contributed by atoms with E-state index in [9.17, 15) is 13.2 Å². The Morgan fingerprint density at radius 3 is 2.62 bits per heavy atom. The van der Waals surface area contributed by atoms with Crippen molar-refractivity contribution in [2.45, 2.75) is 5.75 Å². The monoisotopic (exact) mass is 366 g/mol. The van der Waals surface area contributed by atoms with Gasteiger partial charge in [-0.25, -0.2) is 8.42 Å². The Labute approximate surface area is 145 Å². The molecule has 1 heterocycles. The van der Waals surface area contributed by atoms with E-state index >= 15 is 0 Å². The van der Waals surface area contributed by atoms with Crippen molar-refractivity contribution in [2.75, 3.05) is 23.3 Å². The van der Waals surface area contributed by atoms with Crippen molar-refractivity contribution in [1.29, 1.82) is 0 Å². The number of carbonyl (C=O) groups is 1. The van der Waals surface area contributed by atoms with Crippen molar-refractivity contribution in [1.82, 2.24) is 0 Å². The SMILES string of the molecule is CN1C(=O)COc2c(NS(=O)(=O)Cc3ccc(Cl)cc3)cccc21. The standard InChI is InChI=1S/C16H15ClN2O4S/c1-19-14-4-2-3-13(16(14)23-9-15(19)20)18-24(21,22)10-11-5-7-12(17)8-6-11/h2-8,18H,9-10H2,1H3. The molecule has 0 spiro atoms. The largest absolute Gasteiger partial charge is 0.479 e. The van der Waals surface area contributed by atoms with Crippen LogP contribution in [-0.4, -0.2) is 28.0 Å². The summed E-state index contributed by atoms with van der Waals surface area (Å²) in [5.41, 5.74) is 1.45. The molecule has 0 aliphatic carbocycles. The minimum absolute atomic E-state index is 0.126. The summed E-state index contributed by atoms with van der Waals surface area (Å²) in [6, 6.07) is 11.6. The molecule has 24 heavy (non-hydrogen) atoms. The minimum Gasteiger partial charge on any atom is -0.479 e. The van der Waals surface area contributed by atoms with Crippen LogP contribution in [0.5, 0.6) is 5.75 Å². The molecular formula is C16H15ClN2O4S. The zero-order chi connectivity index (χ0) is 17.3. The molecule has 1 N–H and O–H groups in total. The highest BCUT2D eigenvalue weighted by Gasteiger charge is 2.26. The number of halogens is 1. The van der Waals surface area contributed by atoms with Gasteiger partial charge in [0.1, 0.15) is 0 Å². The first kappa shape index (κ1) is 16.6. The number of benzene rings is 2. The molecule has 3 rings (SSSR count). The number of sulfonamides is 1. The molecule has 126 valence electrons. The van der Waals surface area contributed by atoms with E-state index in [-0.39, 0.29) is 18.3 Å². The zero-order valence-electron chi connectivity index (χ0n) is 12.8. The number of hydrogen-bond acceptors (Lipinski definition) is 4. The number of amides is 1.